The Labute approximate surface area is 64.5 Å². The van der Waals surface area contributed by atoms with Crippen LogP contribution in [0.1, 0.15) is 16.3 Å². The molecule has 0 aromatic carbocycles. The number of aromatic nitrogens is 1. The summed E-state index contributed by atoms with van der Waals surface area (Å²) in [7, 11) is 0. The quantitative estimate of drug-likeness (QED) is 0.719. The van der Waals surface area contributed by atoms with Gasteiger partial charge in [0, 0.05) is 24.1 Å². The summed E-state index contributed by atoms with van der Waals surface area (Å²) in [4.78, 5) is 5.40. The van der Waals surface area contributed by atoms with Crippen LogP contribution in [0.5, 0.6) is 0 Å². The molecule has 1 N–H and O–H groups in total. The summed E-state index contributed by atoms with van der Waals surface area (Å²) in [5.74, 6) is 0. The predicted octanol–water partition coefficient (Wildman–Crippen LogP) is 1.38. The first-order valence-corrected chi connectivity index (χ1v) is 4.17. The first-order chi connectivity index (χ1) is 4.83. The number of nitrogens with zero attached hydrogens (tertiary/aromatic N) is 1. The third kappa shape index (κ3) is 2.08. The van der Waals surface area contributed by atoms with Gasteiger partial charge in [-0.2, -0.15) is 0 Å². The number of thiazole rings is 1. The number of hydrogen-bond acceptors (Lipinski definition) is 3. The normalized spacial score (nSPS) is 10.2. The molecule has 0 aliphatic rings. The molecule has 56 valence electrons. The van der Waals surface area contributed by atoms with Crippen LogP contribution in [-0.4, -0.2) is 16.7 Å². The zero-order chi connectivity index (χ0) is 7.40. The SMILES string of the molecule is Cc1cnc(CCCO)s1. The molecule has 10 heavy (non-hydrogen) atoms. The Kier molecular flexibility index (Phi) is 2.83. The van der Waals surface area contributed by atoms with Gasteiger partial charge in [0.2, 0.25) is 0 Å². The Balaban J connectivity index is 2.42. The molecule has 1 aromatic heterocycles. The molecule has 1 aromatic rings. The second-order valence-corrected chi connectivity index (χ2v) is 3.51. The van der Waals surface area contributed by atoms with Crippen LogP contribution in [0, 0.1) is 6.92 Å². The Morgan fingerprint density at radius 3 is 3.00 bits per heavy atom. The van der Waals surface area contributed by atoms with Crippen LogP contribution in [0.2, 0.25) is 0 Å². The van der Waals surface area contributed by atoms with Gasteiger partial charge in [0.1, 0.15) is 0 Å². The highest BCUT2D eigenvalue weighted by Gasteiger charge is 1.96. The van der Waals surface area contributed by atoms with E-state index in [1.165, 1.54) is 4.88 Å². The summed E-state index contributed by atoms with van der Waals surface area (Å²) in [5, 5.41) is 9.64. The van der Waals surface area contributed by atoms with Crippen LogP contribution >= 0.6 is 11.3 Å². The molecule has 0 saturated heterocycles. The fourth-order valence-corrected chi connectivity index (χ4v) is 1.58. The molecule has 0 atom stereocenters. The monoisotopic (exact) mass is 157 g/mol. The third-order valence-corrected chi connectivity index (χ3v) is 2.19. The standard InChI is InChI=1S/C7H11NOS/c1-6-5-8-7(10-6)3-2-4-9/h5,9H,2-4H2,1H3. The highest BCUT2D eigenvalue weighted by Crippen LogP contribution is 2.12. The van der Waals surface area contributed by atoms with Crippen LogP contribution in [0.4, 0.5) is 0 Å². The van der Waals surface area contributed by atoms with Crippen LogP contribution in [0.25, 0.3) is 0 Å². The van der Waals surface area contributed by atoms with E-state index >= 15 is 0 Å². The van der Waals surface area contributed by atoms with Crippen molar-refractivity contribution in [2.75, 3.05) is 6.61 Å². The first-order valence-electron chi connectivity index (χ1n) is 3.35. The first kappa shape index (κ1) is 7.69. The van der Waals surface area contributed by atoms with Gasteiger partial charge >= 0.3 is 0 Å². The van der Waals surface area contributed by atoms with Gasteiger partial charge in [-0.25, -0.2) is 4.98 Å². The maximum atomic E-state index is 8.51. The van der Waals surface area contributed by atoms with E-state index in [0.717, 1.165) is 17.8 Å². The molecular weight excluding hydrogens is 146 g/mol. The van der Waals surface area contributed by atoms with E-state index in [0.29, 0.717) is 0 Å². The second-order valence-electron chi connectivity index (χ2n) is 2.19. The van der Waals surface area contributed by atoms with Crippen LogP contribution in [0.3, 0.4) is 0 Å². The van der Waals surface area contributed by atoms with E-state index in [9.17, 15) is 0 Å². The van der Waals surface area contributed by atoms with Crippen LogP contribution in [0.15, 0.2) is 6.20 Å². The van der Waals surface area contributed by atoms with Gasteiger partial charge in [0.05, 0.1) is 5.01 Å². The molecule has 1 rings (SSSR count). The summed E-state index contributed by atoms with van der Waals surface area (Å²) in [6, 6.07) is 0. The molecule has 3 heteroatoms. The van der Waals surface area contributed by atoms with E-state index < -0.39 is 0 Å². The minimum Gasteiger partial charge on any atom is -0.396 e. The van der Waals surface area contributed by atoms with Gasteiger partial charge in [-0.15, -0.1) is 11.3 Å². The lowest BCUT2D eigenvalue weighted by molar-refractivity contribution is 0.288. The fourth-order valence-electron chi connectivity index (χ4n) is 0.747. The van der Waals surface area contributed by atoms with Crippen molar-refractivity contribution in [2.45, 2.75) is 19.8 Å². The van der Waals surface area contributed by atoms with Crippen molar-refractivity contribution in [3.05, 3.63) is 16.1 Å². The maximum absolute atomic E-state index is 8.51. The van der Waals surface area contributed by atoms with Crippen LogP contribution < -0.4 is 0 Å². The Hall–Kier alpha value is -0.410. The van der Waals surface area contributed by atoms with E-state index in [4.69, 9.17) is 5.11 Å². The molecular formula is C7H11NOS. The largest absolute Gasteiger partial charge is 0.396 e. The number of aliphatic hydroxyl groups is 1. The fraction of sp³-hybridized carbons (Fsp3) is 0.571. The number of aliphatic hydroxyl groups excluding tert-OH is 1. The molecule has 0 bridgehead atoms. The molecule has 1 heterocycles. The Morgan fingerprint density at radius 2 is 2.50 bits per heavy atom. The number of rotatable bonds is 3. The van der Waals surface area contributed by atoms with Crippen LogP contribution in [-0.2, 0) is 6.42 Å². The number of aryl methyl sites for hydroxylation is 2. The van der Waals surface area contributed by atoms with Crippen molar-refractivity contribution in [3.8, 4) is 0 Å². The maximum Gasteiger partial charge on any atom is 0.0928 e. The Morgan fingerprint density at radius 1 is 1.70 bits per heavy atom. The molecule has 0 amide bonds. The van der Waals surface area contributed by atoms with Gasteiger partial charge < -0.3 is 5.11 Å². The molecule has 2 nitrogen and oxygen atoms in total. The third-order valence-electron chi connectivity index (χ3n) is 1.22. The van der Waals surface area contributed by atoms with Crippen molar-refractivity contribution < 1.29 is 5.11 Å². The lowest BCUT2D eigenvalue weighted by Gasteiger charge is -1.89. The van der Waals surface area contributed by atoms with E-state index in [-0.39, 0.29) is 6.61 Å². The zero-order valence-electron chi connectivity index (χ0n) is 6.00. The summed E-state index contributed by atoms with van der Waals surface area (Å²) >= 11 is 1.71. The molecule has 0 aliphatic carbocycles. The van der Waals surface area contributed by atoms with Gasteiger partial charge in [0.15, 0.2) is 0 Å². The van der Waals surface area contributed by atoms with Gasteiger partial charge in [-0.3, -0.25) is 0 Å². The highest BCUT2D eigenvalue weighted by atomic mass is 32.1. The molecule has 0 aliphatic heterocycles. The molecule has 0 unspecified atom stereocenters. The lowest BCUT2D eigenvalue weighted by Crippen LogP contribution is -1.86. The van der Waals surface area contributed by atoms with Gasteiger partial charge in [-0.05, 0) is 13.3 Å². The molecule has 0 radical (unpaired) electrons. The predicted molar refractivity (Wildman–Crippen MR) is 42.3 cm³/mol. The average Bonchev–Trinajstić information content (AvgIpc) is 2.31. The van der Waals surface area contributed by atoms with E-state index in [1.807, 2.05) is 13.1 Å². The van der Waals surface area contributed by atoms with Crippen molar-refractivity contribution in [3.63, 3.8) is 0 Å². The average molecular weight is 157 g/mol. The lowest BCUT2D eigenvalue weighted by atomic mass is 10.3. The molecule has 0 fully saturated rings. The van der Waals surface area contributed by atoms with Crippen molar-refractivity contribution in [1.29, 1.82) is 0 Å². The summed E-state index contributed by atoms with van der Waals surface area (Å²) in [6.07, 6.45) is 3.61. The number of hydrogen-bond donors (Lipinski definition) is 1. The van der Waals surface area contributed by atoms with Gasteiger partial charge in [0.25, 0.3) is 0 Å². The molecule has 0 spiro atoms. The smallest absolute Gasteiger partial charge is 0.0928 e. The summed E-state index contributed by atoms with van der Waals surface area (Å²) < 4.78 is 0. The highest BCUT2D eigenvalue weighted by molar-refractivity contribution is 7.11. The van der Waals surface area contributed by atoms with E-state index in [2.05, 4.69) is 4.98 Å². The summed E-state index contributed by atoms with van der Waals surface area (Å²) in [5.41, 5.74) is 0. The van der Waals surface area contributed by atoms with Crippen molar-refractivity contribution in [1.82, 2.24) is 4.98 Å². The van der Waals surface area contributed by atoms with E-state index in [1.54, 1.807) is 11.3 Å². The minimum atomic E-state index is 0.263. The minimum absolute atomic E-state index is 0.263. The van der Waals surface area contributed by atoms with Crippen molar-refractivity contribution >= 4 is 11.3 Å². The Bertz CT molecular complexity index is 197. The molecule has 0 saturated carbocycles. The van der Waals surface area contributed by atoms with Gasteiger partial charge in [-0.1, -0.05) is 0 Å². The van der Waals surface area contributed by atoms with Crippen molar-refractivity contribution in [2.24, 2.45) is 0 Å². The second kappa shape index (κ2) is 3.68. The topological polar surface area (TPSA) is 33.1 Å². The zero-order valence-corrected chi connectivity index (χ0v) is 6.82. The summed E-state index contributed by atoms with van der Waals surface area (Å²) in [6.45, 7) is 2.30.